The van der Waals surface area contributed by atoms with Crippen molar-refractivity contribution in [3.8, 4) is 10.6 Å². The highest BCUT2D eigenvalue weighted by molar-refractivity contribution is 7.15. The largest absolute Gasteiger partial charge is 0.381 e. The van der Waals surface area contributed by atoms with Crippen LogP contribution in [0.2, 0.25) is 0 Å². The fourth-order valence-electron chi connectivity index (χ4n) is 3.65. The van der Waals surface area contributed by atoms with Gasteiger partial charge in [-0.25, -0.2) is 0 Å². The number of aromatic nitrogens is 2. The first-order chi connectivity index (χ1) is 12.1. The number of carbonyl (C=O) groups is 1. The van der Waals surface area contributed by atoms with Crippen molar-refractivity contribution in [2.45, 2.75) is 44.2 Å². The van der Waals surface area contributed by atoms with Crippen LogP contribution in [0.15, 0.2) is 18.2 Å². The molecule has 2 aromatic rings. The maximum atomic E-state index is 12.6. The highest BCUT2D eigenvalue weighted by Gasteiger charge is 2.39. The molecule has 4 rings (SSSR count). The molecule has 1 spiro atoms. The molecule has 2 saturated heterocycles. The van der Waals surface area contributed by atoms with Crippen LogP contribution in [0.5, 0.6) is 0 Å². The number of ether oxygens (including phenoxy) is 2. The Kier molecular flexibility index (Phi) is 4.62. The lowest BCUT2D eigenvalue weighted by Gasteiger charge is -2.43. The van der Waals surface area contributed by atoms with Gasteiger partial charge in [-0.15, -0.1) is 11.3 Å². The lowest BCUT2D eigenvalue weighted by atomic mass is 9.84. The van der Waals surface area contributed by atoms with Gasteiger partial charge >= 0.3 is 0 Å². The molecule has 7 heteroatoms. The minimum absolute atomic E-state index is 0.120. The standard InChI is InChI=1S/C18H23N3O3S/c1-12-2-3-16(25-12)14-10-15(21-20-14)17(22)19-13-4-7-24-18(11-13)5-8-23-9-6-18/h2-3,10,13H,4-9,11H2,1H3,(H,19,22)(H,20,21). The van der Waals surface area contributed by atoms with Crippen LogP contribution in [-0.2, 0) is 9.47 Å². The van der Waals surface area contributed by atoms with Crippen LogP contribution >= 0.6 is 11.3 Å². The molecule has 0 aliphatic carbocycles. The second kappa shape index (κ2) is 6.90. The summed E-state index contributed by atoms with van der Waals surface area (Å²) in [4.78, 5) is 14.9. The van der Waals surface area contributed by atoms with Crippen molar-refractivity contribution >= 4 is 17.2 Å². The van der Waals surface area contributed by atoms with Crippen molar-refractivity contribution in [3.05, 3.63) is 28.8 Å². The Morgan fingerprint density at radius 3 is 2.96 bits per heavy atom. The van der Waals surface area contributed by atoms with Gasteiger partial charge in [-0.1, -0.05) is 0 Å². The molecule has 0 saturated carbocycles. The molecule has 4 heterocycles. The first-order valence-electron chi connectivity index (χ1n) is 8.78. The summed E-state index contributed by atoms with van der Waals surface area (Å²) in [6.45, 7) is 4.23. The molecule has 0 aromatic carbocycles. The van der Waals surface area contributed by atoms with E-state index in [1.165, 1.54) is 4.88 Å². The van der Waals surface area contributed by atoms with E-state index in [0.717, 1.165) is 49.5 Å². The SMILES string of the molecule is Cc1ccc(-c2cc(C(=O)NC3CCOC4(CCOCC4)C3)n[nH]2)s1. The molecule has 2 aromatic heterocycles. The summed E-state index contributed by atoms with van der Waals surface area (Å²) in [5.74, 6) is -0.120. The van der Waals surface area contributed by atoms with Crippen LogP contribution in [0.3, 0.4) is 0 Å². The van der Waals surface area contributed by atoms with Gasteiger partial charge in [-0.3, -0.25) is 9.89 Å². The lowest BCUT2D eigenvalue weighted by Crippen LogP contribution is -2.51. The highest BCUT2D eigenvalue weighted by Crippen LogP contribution is 2.34. The number of nitrogens with one attached hydrogen (secondary N) is 2. The van der Waals surface area contributed by atoms with E-state index >= 15 is 0 Å². The van der Waals surface area contributed by atoms with E-state index in [2.05, 4.69) is 28.5 Å². The monoisotopic (exact) mass is 361 g/mol. The summed E-state index contributed by atoms with van der Waals surface area (Å²) in [5.41, 5.74) is 1.20. The van der Waals surface area contributed by atoms with E-state index in [0.29, 0.717) is 12.3 Å². The third kappa shape index (κ3) is 3.63. The van der Waals surface area contributed by atoms with E-state index in [9.17, 15) is 4.79 Å². The summed E-state index contributed by atoms with van der Waals surface area (Å²) >= 11 is 1.68. The maximum Gasteiger partial charge on any atom is 0.272 e. The van der Waals surface area contributed by atoms with Crippen molar-refractivity contribution in [3.63, 3.8) is 0 Å². The number of nitrogens with zero attached hydrogens (tertiary/aromatic N) is 1. The third-order valence-corrected chi connectivity index (χ3v) is 6.08. The van der Waals surface area contributed by atoms with Crippen molar-refractivity contribution in [2.24, 2.45) is 0 Å². The summed E-state index contributed by atoms with van der Waals surface area (Å²) in [6.07, 6.45) is 3.51. The van der Waals surface area contributed by atoms with Gasteiger partial charge in [0.05, 0.1) is 16.2 Å². The van der Waals surface area contributed by atoms with Gasteiger partial charge < -0.3 is 14.8 Å². The Morgan fingerprint density at radius 2 is 2.20 bits per heavy atom. The predicted molar refractivity (Wildman–Crippen MR) is 95.9 cm³/mol. The number of amides is 1. The first-order valence-corrected chi connectivity index (χ1v) is 9.60. The van der Waals surface area contributed by atoms with E-state index in [1.807, 2.05) is 12.1 Å². The van der Waals surface area contributed by atoms with Crippen molar-refractivity contribution < 1.29 is 14.3 Å². The van der Waals surface area contributed by atoms with Gasteiger partial charge in [0.1, 0.15) is 0 Å². The quantitative estimate of drug-likeness (QED) is 0.881. The van der Waals surface area contributed by atoms with Gasteiger partial charge in [0.25, 0.3) is 5.91 Å². The van der Waals surface area contributed by atoms with Gasteiger partial charge in [0, 0.05) is 30.7 Å². The Balaban J connectivity index is 1.41. The second-order valence-corrected chi connectivity index (χ2v) is 8.17. The Hall–Kier alpha value is -1.70. The fraction of sp³-hybridized carbons (Fsp3) is 0.556. The summed E-state index contributed by atoms with van der Waals surface area (Å²) < 4.78 is 11.5. The van der Waals surface area contributed by atoms with Crippen molar-refractivity contribution in [2.75, 3.05) is 19.8 Å². The third-order valence-electron chi connectivity index (χ3n) is 5.05. The predicted octanol–water partition coefficient (Wildman–Crippen LogP) is 2.90. The van der Waals surface area contributed by atoms with Gasteiger partial charge in [0.15, 0.2) is 5.69 Å². The van der Waals surface area contributed by atoms with Crippen LogP contribution in [0.1, 0.15) is 41.0 Å². The molecule has 2 aliphatic rings. The summed E-state index contributed by atoms with van der Waals surface area (Å²) in [5, 5.41) is 10.3. The zero-order chi connectivity index (χ0) is 17.3. The number of rotatable bonds is 3. The molecule has 2 N–H and O–H groups in total. The lowest BCUT2D eigenvalue weighted by molar-refractivity contribution is -0.139. The zero-order valence-corrected chi connectivity index (χ0v) is 15.2. The van der Waals surface area contributed by atoms with E-state index in [-0.39, 0.29) is 17.6 Å². The van der Waals surface area contributed by atoms with Crippen LogP contribution in [-0.4, -0.2) is 47.6 Å². The minimum Gasteiger partial charge on any atom is -0.381 e. The topological polar surface area (TPSA) is 76.2 Å². The molecule has 6 nitrogen and oxygen atoms in total. The second-order valence-electron chi connectivity index (χ2n) is 6.88. The van der Waals surface area contributed by atoms with Crippen LogP contribution < -0.4 is 5.32 Å². The van der Waals surface area contributed by atoms with Gasteiger partial charge in [-0.05, 0) is 50.8 Å². The molecular formula is C18H23N3O3S. The number of hydrogen-bond acceptors (Lipinski definition) is 5. The molecule has 1 atom stereocenters. The maximum absolute atomic E-state index is 12.6. The van der Waals surface area contributed by atoms with Crippen LogP contribution in [0.4, 0.5) is 0 Å². The smallest absolute Gasteiger partial charge is 0.272 e. The summed E-state index contributed by atoms with van der Waals surface area (Å²) in [6, 6.07) is 6.06. The normalized spacial score (nSPS) is 22.8. The zero-order valence-electron chi connectivity index (χ0n) is 14.3. The Labute approximate surface area is 150 Å². The number of hydrogen-bond donors (Lipinski definition) is 2. The average Bonchev–Trinajstić information content (AvgIpc) is 3.24. The molecule has 134 valence electrons. The van der Waals surface area contributed by atoms with E-state index in [1.54, 1.807) is 11.3 Å². The van der Waals surface area contributed by atoms with Crippen LogP contribution in [0, 0.1) is 6.92 Å². The number of H-pyrrole nitrogens is 1. The highest BCUT2D eigenvalue weighted by atomic mass is 32.1. The minimum atomic E-state index is -0.125. The van der Waals surface area contributed by atoms with Crippen molar-refractivity contribution in [1.29, 1.82) is 0 Å². The van der Waals surface area contributed by atoms with E-state index in [4.69, 9.17) is 9.47 Å². The molecule has 0 radical (unpaired) electrons. The molecule has 2 aliphatic heterocycles. The fourth-order valence-corrected chi connectivity index (χ4v) is 4.48. The number of aromatic amines is 1. The van der Waals surface area contributed by atoms with Gasteiger partial charge in [0.2, 0.25) is 0 Å². The number of thiophene rings is 1. The van der Waals surface area contributed by atoms with Crippen LogP contribution in [0.25, 0.3) is 10.6 Å². The molecule has 2 fully saturated rings. The molecule has 1 unspecified atom stereocenters. The molecule has 0 bridgehead atoms. The Morgan fingerprint density at radius 1 is 1.36 bits per heavy atom. The molecule has 1 amide bonds. The first kappa shape index (κ1) is 16.8. The molecule has 25 heavy (non-hydrogen) atoms. The number of carbonyl (C=O) groups excluding carboxylic acids is 1. The molecular weight excluding hydrogens is 338 g/mol. The van der Waals surface area contributed by atoms with Crippen molar-refractivity contribution in [1.82, 2.24) is 15.5 Å². The average molecular weight is 361 g/mol. The van der Waals surface area contributed by atoms with E-state index < -0.39 is 0 Å². The van der Waals surface area contributed by atoms with Gasteiger partial charge in [-0.2, -0.15) is 5.10 Å². The summed E-state index contributed by atoms with van der Waals surface area (Å²) in [7, 11) is 0. The Bertz CT molecular complexity index is 743. The number of aryl methyl sites for hydroxylation is 1.